The van der Waals surface area contributed by atoms with E-state index in [0.29, 0.717) is 5.25 Å². The topological polar surface area (TPSA) is 65.8 Å². The monoisotopic (exact) mass is 329 g/mol. The third kappa shape index (κ3) is 3.87. The van der Waals surface area contributed by atoms with Crippen molar-refractivity contribution in [2.75, 3.05) is 0 Å². The van der Waals surface area contributed by atoms with Gasteiger partial charge in [0.1, 0.15) is 5.54 Å². The number of hydrogen-bond donors (Lipinski definition) is 1. The zero-order valence-electron chi connectivity index (χ0n) is 13.5. The molecule has 0 spiro atoms. The van der Waals surface area contributed by atoms with Crippen LogP contribution in [0.25, 0.3) is 0 Å². The van der Waals surface area contributed by atoms with Gasteiger partial charge in [0.15, 0.2) is 0 Å². The molecule has 1 amide bonds. The van der Waals surface area contributed by atoms with Crippen molar-refractivity contribution < 1.29 is 4.79 Å². The van der Waals surface area contributed by atoms with Crippen molar-refractivity contribution in [3.63, 3.8) is 0 Å². The smallest absolute Gasteiger partial charge is 0.225 e. The van der Waals surface area contributed by atoms with Crippen LogP contribution in [0.15, 0.2) is 24.4 Å². The van der Waals surface area contributed by atoms with Crippen LogP contribution in [0.4, 0.5) is 0 Å². The summed E-state index contributed by atoms with van der Waals surface area (Å²) in [4.78, 5) is 17.1. The van der Waals surface area contributed by atoms with E-state index in [2.05, 4.69) is 23.3 Å². The van der Waals surface area contributed by atoms with E-state index in [1.807, 2.05) is 36.2 Å². The average Bonchev–Trinajstić information content (AvgIpc) is 3.36. The molecule has 0 aromatic carbocycles. The Hall–Kier alpha value is -1.54. The van der Waals surface area contributed by atoms with Crippen LogP contribution in [0, 0.1) is 17.2 Å². The van der Waals surface area contributed by atoms with Crippen molar-refractivity contribution in [3.05, 3.63) is 30.1 Å². The van der Waals surface area contributed by atoms with Gasteiger partial charge < -0.3 is 5.32 Å². The molecule has 0 saturated heterocycles. The van der Waals surface area contributed by atoms with E-state index in [-0.39, 0.29) is 17.1 Å². The fraction of sp³-hybridized carbons (Fsp3) is 0.611. The van der Waals surface area contributed by atoms with Gasteiger partial charge in [-0.2, -0.15) is 5.26 Å². The molecule has 3 atom stereocenters. The number of hydrogen-bond acceptors (Lipinski definition) is 4. The highest BCUT2D eigenvalue weighted by Crippen LogP contribution is 2.42. The first kappa shape index (κ1) is 16.3. The van der Waals surface area contributed by atoms with Gasteiger partial charge in [0.25, 0.3) is 0 Å². The zero-order valence-corrected chi connectivity index (χ0v) is 14.3. The van der Waals surface area contributed by atoms with Crippen LogP contribution in [-0.4, -0.2) is 21.7 Å². The minimum absolute atomic E-state index is 0.0192. The van der Waals surface area contributed by atoms with E-state index in [0.717, 1.165) is 37.8 Å². The fourth-order valence-electron chi connectivity index (χ4n) is 3.23. The SMILES string of the molecule is CC(SC1CCCCC1C(=O)NC1(C#N)CC1)c1ccccn1. The minimum atomic E-state index is -0.559. The summed E-state index contributed by atoms with van der Waals surface area (Å²) in [7, 11) is 0. The van der Waals surface area contributed by atoms with Crippen LogP contribution >= 0.6 is 11.8 Å². The van der Waals surface area contributed by atoms with Crippen LogP contribution < -0.4 is 5.32 Å². The van der Waals surface area contributed by atoms with Crippen LogP contribution in [0.5, 0.6) is 0 Å². The fourth-order valence-corrected chi connectivity index (χ4v) is 4.78. The number of nitrogens with zero attached hydrogens (tertiary/aromatic N) is 2. The van der Waals surface area contributed by atoms with E-state index >= 15 is 0 Å². The van der Waals surface area contributed by atoms with Crippen molar-refractivity contribution in [3.8, 4) is 6.07 Å². The zero-order chi connectivity index (χ0) is 16.3. The number of pyridine rings is 1. The average molecular weight is 329 g/mol. The first-order valence-corrected chi connectivity index (χ1v) is 9.37. The van der Waals surface area contributed by atoms with E-state index in [1.54, 1.807) is 0 Å². The minimum Gasteiger partial charge on any atom is -0.338 e. The number of thioether (sulfide) groups is 1. The second-order valence-corrected chi connectivity index (χ2v) is 8.23. The predicted octanol–water partition coefficient (Wildman–Crippen LogP) is 3.61. The van der Waals surface area contributed by atoms with Crippen LogP contribution in [-0.2, 0) is 4.79 Å². The van der Waals surface area contributed by atoms with Gasteiger partial charge in [-0.3, -0.25) is 9.78 Å². The molecular formula is C18H23N3OS. The standard InChI is InChI=1S/C18H23N3OS/c1-13(15-7-4-5-11-20-15)23-16-8-3-2-6-14(16)17(22)21-18(12-19)9-10-18/h4-5,7,11,13-14,16H,2-3,6,8-10H2,1H3,(H,21,22). The molecule has 1 aromatic rings. The molecule has 23 heavy (non-hydrogen) atoms. The molecule has 2 fully saturated rings. The molecule has 1 aromatic heterocycles. The van der Waals surface area contributed by atoms with Gasteiger partial charge >= 0.3 is 0 Å². The summed E-state index contributed by atoms with van der Waals surface area (Å²) in [5.74, 6) is 0.0974. The Morgan fingerprint density at radius 3 is 2.87 bits per heavy atom. The highest BCUT2D eigenvalue weighted by Gasteiger charge is 2.46. The largest absolute Gasteiger partial charge is 0.338 e. The predicted molar refractivity (Wildman–Crippen MR) is 91.7 cm³/mol. The Morgan fingerprint density at radius 1 is 1.43 bits per heavy atom. The lowest BCUT2D eigenvalue weighted by Crippen LogP contribution is -2.44. The lowest BCUT2D eigenvalue weighted by atomic mass is 9.88. The first-order valence-electron chi connectivity index (χ1n) is 8.43. The van der Waals surface area contributed by atoms with Crippen molar-refractivity contribution >= 4 is 17.7 Å². The molecule has 0 radical (unpaired) electrons. The maximum Gasteiger partial charge on any atom is 0.225 e. The van der Waals surface area contributed by atoms with Gasteiger partial charge in [0, 0.05) is 22.6 Å². The van der Waals surface area contributed by atoms with Gasteiger partial charge in [-0.1, -0.05) is 18.9 Å². The van der Waals surface area contributed by atoms with Crippen molar-refractivity contribution in [1.82, 2.24) is 10.3 Å². The second-order valence-electron chi connectivity index (χ2n) is 6.65. The number of carbonyl (C=O) groups is 1. The van der Waals surface area contributed by atoms with Crippen LogP contribution in [0.3, 0.4) is 0 Å². The molecule has 1 heterocycles. The summed E-state index contributed by atoms with van der Waals surface area (Å²) >= 11 is 1.86. The quantitative estimate of drug-likeness (QED) is 0.896. The molecule has 5 heteroatoms. The molecule has 3 rings (SSSR count). The summed E-state index contributed by atoms with van der Waals surface area (Å²) in [6.07, 6.45) is 7.70. The highest BCUT2D eigenvalue weighted by atomic mass is 32.2. The van der Waals surface area contributed by atoms with E-state index in [1.165, 1.54) is 6.42 Å². The van der Waals surface area contributed by atoms with Gasteiger partial charge in [-0.15, -0.1) is 11.8 Å². The summed E-state index contributed by atoms with van der Waals surface area (Å²) in [6.45, 7) is 2.16. The summed E-state index contributed by atoms with van der Waals surface area (Å²) in [6, 6.07) is 8.23. The number of aromatic nitrogens is 1. The third-order valence-corrected chi connectivity index (χ3v) is 6.41. The van der Waals surface area contributed by atoms with E-state index in [9.17, 15) is 10.1 Å². The molecule has 0 aliphatic heterocycles. The summed E-state index contributed by atoms with van der Waals surface area (Å²) < 4.78 is 0. The molecule has 2 saturated carbocycles. The van der Waals surface area contributed by atoms with Crippen molar-refractivity contribution in [2.24, 2.45) is 5.92 Å². The third-order valence-electron chi connectivity index (χ3n) is 4.85. The number of amides is 1. The lowest BCUT2D eigenvalue weighted by Gasteiger charge is -2.32. The molecule has 1 N–H and O–H groups in total. The molecule has 122 valence electrons. The van der Waals surface area contributed by atoms with Crippen molar-refractivity contribution in [1.29, 1.82) is 5.26 Å². The molecule has 2 aliphatic carbocycles. The maximum absolute atomic E-state index is 12.6. The van der Waals surface area contributed by atoms with Gasteiger partial charge in [-0.25, -0.2) is 0 Å². The van der Waals surface area contributed by atoms with E-state index in [4.69, 9.17) is 0 Å². The Morgan fingerprint density at radius 2 is 2.22 bits per heavy atom. The normalized spacial score (nSPS) is 26.8. The summed E-state index contributed by atoms with van der Waals surface area (Å²) in [5.41, 5.74) is 0.508. The van der Waals surface area contributed by atoms with Crippen LogP contribution in [0.2, 0.25) is 0 Å². The highest BCUT2D eigenvalue weighted by molar-refractivity contribution is 8.00. The van der Waals surface area contributed by atoms with E-state index < -0.39 is 5.54 Å². The van der Waals surface area contributed by atoms with Crippen LogP contribution in [0.1, 0.15) is 56.4 Å². The summed E-state index contributed by atoms with van der Waals surface area (Å²) in [5, 5.41) is 12.8. The number of nitrogens with one attached hydrogen (secondary N) is 1. The van der Waals surface area contributed by atoms with Crippen molar-refractivity contribution in [2.45, 2.75) is 61.5 Å². The first-order chi connectivity index (χ1) is 11.1. The Balaban J connectivity index is 1.64. The second kappa shape index (κ2) is 6.92. The molecule has 2 aliphatic rings. The molecule has 4 nitrogen and oxygen atoms in total. The maximum atomic E-state index is 12.6. The Labute approximate surface area is 142 Å². The Bertz CT molecular complexity index is 594. The molecular weight excluding hydrogens is 306 g/mol. The molecule has 3 unspecified atom stereocenters. The Kier molecular flexibility index (Phi) is 4.91. The van der Waals surface area contributed by atoms with Gasteiger partial charge in [0.05, 0.1) is 11.8 Å². The number of nitriles is 1. The number of rotatable bonds is 5. The van der Waals surface area contributed by atoms with Gasteiger partial charge in [0.2, 0.25) is 5.91 Å². The lowest BCUT2D eigenvalue weighted by molar-refractivity contribution is -0.126. The number of carbonyl (C=O) groups excluding carboxylic acids is 1. The molecule has 0 bridgehead atoms. The van der Waals surface area contributed by atoms with Gasteiger partial charge in [-0.05, 0) is 44.7 Å².